The Labute approximate surface area is 231 Å². The molecule has 1 N–H and O–H groups in total. The molecule has 1 atom stereocenters. The van der Waals surface area contributed by atoms with Crippen LogP contribution in [-0.4, -0.2) is 57.6 Å². The van der Waals surface area contributed by atoms with Gasteiger partial charge in [0.25, 0.3) is 0 Å². The summed E-state index contributed by atoms with van der Waals surface area (Å²) in [5.41, 5.74) is 3.57. The fourth-order valence-electron chi connectivity index (χ4n) is 4.59. The topological polar surface area (TPSA) is 96.0 Å². The van der Waals surface area contributed by atoms with Crippen LogP contribution >= 0.6 is 0 Å². The van der Waals surface area contributed by atoms with Gasteiger partial charge in [0.2, 0.25) is 21.8 Å². The highest BCUT2D eigenvalue weighted by Gasteiger charge is 2.33. The molecule has 3 rings (SSSR count). The molecule has 3 aromatic rings. The molecule has 0 saturated carbocycles. The fourth-order valence-corrected chi connectivity index (χ4v) is 5.55. The maximum Gasteiger partial charge on any atom is 0.244 e. The number of likely N-dealkylation sites (N-methyl/N-ethyl adjacent to an activating group) is 1. The first kappa shape index (κ1) is 29.7. The third-order valence-electron chi connectivity index (χ3n) is 6.48. The van der Waals surface area contributed by atoms with Gasteiger partial charge in [-0.25, -0.2) is 8.42 Å². The Hall–Kier alpha value is -3.85. The number of hydrogen-bond acceptors (Lipinski definition) is 5. The number of carbonyl (C=O) groups is 2. The summed E-state index contributed by atoms with van der Waals surface area (Å²) in [6.45, 7) is 5.48. The zero-order chi connectivity index (χ0) is 28.6. The number of nitrogens with zero attached hydrogens (tertiary/aromatic N) is 2. The molecular formula is C30H37N3O5S. The van der Waals surface area contributed by atoms with E-state index in [1.165, 1.54) is 4.90 Å². The summed E-state index contributed by atoms with van der Waals surface area (Å²) < 4.78 is 32.5. The van der Waals surface area contributed by atoms with Crippen molar-refractivity contribution >= 4 is 27.5 Å². The van der Waals surface area contributed by atoms with Gasteiger partial charge in [0.15, 0.2) is 0 Å². The van der Waals surface area contributed by atoms with Crippen molar-refractivity contribution in [1.29, 1.82) is 0 Å². The SMILES string of the molecule is CCNC(=O)[C@@H](Cc1ccccc1)N(Cc1cccc(OC)c1)C(=O)CN(c1c(C)cccc1C)S(C)(=O)=O. The molecule has 0 aliphatic carbocycles. The number of methoxy groups -OCH3 is 1. The molecule has 2 amide bonds. The highest BCUT2D eigenvalue weighted by Crippen LogP contribution is 2.27. The Morgan fingerprint density at radius 3 is 2.13 bits per heavy atom. The van der Waals surface area contributed by atoms with Crippen molar-refractivity contribution in [2.75, 3.05) is 30.8 Å². The Balaban J connectivity index is 2.09. The largest absolute Gasteiger partial charge is 0.497 e. The minimum absolute atomic E-state index is 0.0923. The monoisotopic (exact) mass is 551 g/mol. The molecule has 0 unspecified atom stereocenters. The first-order valence-electron chi connectivity index (χ1n) is 12.8. The van der Waals surface area contributed by atoms with Gasteiger partial charge >= 0.3 is 0 Å². The lowest BCUT2D eigenvalue weighted by molar-refractivity contribution is -0.140. The van der Waals surface area contributed by atoms with E-state index in [2.05, 4.69) is 5.32 Å². The van der Waals surface area contributed by atoms with Gasteiger partial charge in [-0.3, -0.25) is 13.9 Å². The van der Waals surface area contributed by atoms with Gasteiger partial charge < -0.3 is 15.0 Å². The summed E-state index contributed by atoms with van der Waals surface area (Å²) in [4.78, 5) is 29.0. The van der Waals surface area contributed by atoms with E-state index < -0.39 is 28.5 Å². The first-order valence-corrected chi connectivity index (χ1v) is 14.7. The molecule has 0 bridgehead atoms. The summed E-state index contributed by atoms with van der Waals surface area (Å²) in [5.74, 6) is -0.181. The molecule has 3 aromatic carbocycles. The van der Waals surface area contributed by atoms with E-state index in [9.17, 15) is 18.0 Å². The van der Waals surface area contributed by atoms with Crippen molar-refractivity contribution < 1.29 is 22.7 Å². The van der Waals surface area contributed by atoms with Gasteiger partial charge in [-0.1, -0.05) is 60.7 Å². The van der Waals surface area contributed by atoms with Crippen LogP contribution in [-0.2, 0) is 32.6 Å². The van der Waals surface area contributed by atoms with E-state index in [0.717, 1.165) is 32.8 Å². The number of para-hydroxylation sites is 1. The quantitative estimate of drug-likeness (QED) is 0.369. The molecular weight excluding hydrogens is 514 g/mol. The van der Waals surface area contributed by atoms with Crippen LogP contribution in [0.15, 0.2) is 72.8 Å². The highest BCUT2D eigenvalue weighted by molar-refractivity contribution is 7.92. The minimum atomic E-state index is -3.82. The van der Waals surface area contributed by atoms with Crippen LogP contribution in [0.3, 0.4) is 0 Å². The van der Waals surface area contributed by atoms with Crippen molar-refractivity contribution in [2.24, 2.45) is 0 Å². The van der Waals surface area contributed by atoms with Crippen LogP contribution in [0.2, 0.25) is 0 Å². The number of carbonyl (C=O) groups excluding carboxylic acids is 2. The maximum atomic E-state index is 14.1. The zero-order valence-corrected chi connectivity index (χ0v) is 24.0. The molecule has 0 spiro atoms. The lowest BCUT2D eigenvalue weighted by atomic mass is 10.0. The summed E-state index contributed by atoms with van der Waals surface area (Å²) in [5, 5.41) is 2.85. The lowest BCUT2D eigenvalue weighted by Crippen LogP contribution is -2.53. The second kappa shape index (κ2) is 13.3. The molecule has 0 aliphatic rings. The minimum Gasteiger partial charge on any atom is -0.497 e. The Kier molecular flexibility index (Phi) is 10.1. The van der Waals surface area contributed by atoms with Crippen LogP contribution < -0.4 is 14.4 Å². The van der Waals surface area contributed by atoms with Crippen molar-refractivity contribution in [1.82, 2.24) is 10.2 Å². The predicted octanol–water partition coefficient (Wildman–Crippen LogP) is 3.85. The van der Waals surface area contributed by atoms with E-state index in [0.29, 0.717) is 18.0 Å². The van der Waals surface area contributed by atoms with Gasteiger partial charge in [-0.15, -0.1) is 0 Å². The second-order valence-electron chi connectivity index (χ2n) is 9.48. The smallest absolute Gasteiger partial charge is 0.244 e. The van der Waals surface area contributed by atoms with E-state index in [1.807, 2.05) is 81.4 Å². The summed E-state index contributed by atoms with van der Waals surface area (Å²) in [6, 6.07) is 21.3. The second-order valence-corrected chi connectivity index (χ2v) is 11.4. The maximum absolute atomic E-state index is 14.1. The van der Waals surface area contributed by atoms with Gasteiger partial charge in [0, 0.05) is 19.5 Å². The van der Waals surface area contributed by atoms with Crippen molar-refractivity contribution in [3.8, 4) is 5.75 Å². The molecule has 9 heteroatoms. The molecule has 39 heavy (non-hydrogen) atoms. The normalized spacial score (nSPS) is 11.9. The first-order chi connectivity index (χ1) is 18.5. The molecule has 0 radical (unpaired) electrons. The summed E-state index contributed by atoms with van der Waals surface area (Å²) in [7, 11) is -2.27. The van der Waals surface area contributed by atoms with Crippen molar-refractivity contribution in [3.05, 3.63) is 95.1 Å². The number of sulfonamides is 1. The average molecular weight is 552 g/mol. The van der Waals surface area contributed by atoms with Crippen LogP contribution in [0.4, 0.5) is 5.69 Å². The van der Waals surface area contributed by atoms with E-state index >= 15 is 0 Å². The van der Waals surface area contributed by atoms with Crippen LogP contribution in [0.25, 0.3) is 0 Å². The highest BCUT2D eigenvalue weighted by atomic mass is 32.2. The Bertz CT molecular complexity index is 1370. The van der Waals surface area contributed by atoms with Crippen LogP contribution in [0, 0.1) is 13.8 Å². The number of amides is 2. The van der Waals surface area contributed by atoms with Crippen LogP contribution in [0.1, 0.15) is 29.2 Å². The summed E-state index contributed by atoms with van der Waals surface area (Å²) in [6.07, 6.45) is 1.36. The number of benzene rings is 3. The molecule has 0 fully saturated rings. The predicted molar refractivity (Wildman–Crippen MR) is 154 cm³/mol. The number of nitrogens with one attached hydrogen (secondary N) is 1. The number of anilines is 1. The van der Waals surface area contributed by atoms with Crippen LogP contribution in [0.5, 0.6) is 5.75 Å². The zero-order valence-electron chi connectivity index (χ0n) is 23.2. The molecule has 208 valence electrons. The lowest BCUT2D eigenvalue weighted by Gasteiger charge is -2.34. The van der Waals surface area contributed by atoms with Gasteiger partial charge in [-0.2, -0.15) is 0 Å². The van der Waals surface area contributed by atoms with E-state index in [-0.39, 0.29) is 18.9 Å². The van der Waals surface area contributed by atoms with Gasteiger partial charge in [0.1, 0.15) is 18.3 Å². The average Bonchev–Trinajstić information content (AvgIpc) is 2.90. The summed E-state index contributed by atoms with van der Waals surface area (Å²) >= 11 is 0. The third-order valence-corrected chi connectivity index (χ3v) is 7.59. The molecule has 0 aromatic heterocycles. The molecule has 0 heterocycles. The van der Waals surface area contributed by atoms with Gasteiger partial charge in [0.05, 0.1) is 19.1 Å². The fraction of sp³-hybridized carbons (Fsp3) is 0.333. The Morgan fingerprint density at radius 1 is 0.923 bits per heavy atom. The van der Waals surface area contributed by atoms with Crippen molar-refractivity contribution in [2.45, 2.75) is 39.8 Å². The number of hydrogen-bond donors (Lipinski definition) is 1. The molecule has 0 aliphatic heterocycles. The van der Waals surface area contributed by atoms with E-state index in [4.69, 9.17) is 4.74 Å². The standard InChI is InChI=1S/C30H37N3O5S/c1-6-31-30(35)27(19-24-14-8-7-9-15-24)32(20-25-16-11-17-26(18-25)38-4)28(34)21-33(39(5,36)37)29-22(2)12-10-13-23(29)3/h7-18,27H,6,19-21H2,1-5H3,(H,31,35)/t27-/m1/s1. The number of ether oxygens (including phenoxy) is 1. The van der Waals surface area contributed by atoms with E-state index in [1.54, 1.807) is 19.2 Å². The number of rotatable bonds is 12. The molecule has 8 nitrogen and oxygen atoms in total. The third kappa shape index (κ3) is 7.83. The Morgan fingerprint density at radius 2 is 1.54 bits per heavy atom. The van der Waals surface area contributed by atoms with Gasteiger partial charge in [-0.05, 0) is 55.2 Å². The van der Waals surface area contributed by atoms with Crippen molar-refractivity contribution in [3.63, 3.8) is 0 Å². The number of aryl methyl sites for hydroxylation is 2. The molecule has 0 saturated heterocycles.